The topological polar surface area (TPSA) is 41.6 Å². The summed E-state index contributed by atoms with van der Waals surface area (Å²) in [6.07, 6.45) is 4.67. The lowest BCUT2D eigenvalue weighted by atomic mass is 10.0. The number of hydrogen-bond acceptors (Lipinski definition) is 2. The largest absolute Gasteiger partial charge is 0.341 e. The third kappa shape index (κ3) is 1.06. The molecule has 4 heteroatoms. The van der Waals surface area contributed by atoms with Crippen LogP contribution in [0.15, 0.2) is 0 Å². The van der Waals surface area contributed by atoms with E-state index >= 15 is 0 Å². The summed E-state index contributed by atoms with van der Waals surface area (Å²) in [4.78, 5) is 17.9. The first-order valence-electron chi connectivity index (χ1n) is 4.44. The number of fused-ring (bicyclic) bond motifs is 2. The second-order valence-corrected chi connectivity index (χ2v) is 3.48. The molecule has 2 fully saturated rings. The van der Waals surface area contributed by atoms with Crippen LogP contribution in [0.2, 0.25) is 0 Å². The lowest BCUT2D eigenvalue weighted by Gasteiger charge is -2.21. The number of hydroxylamine groups is 1. The fourth-order valence-electron chi connectivity index (χ4n) is 2.38. The Bertz CT molecular complexity index is 175. The minimum atomic E-state index is -0.0671. The summed E-state index contributed by atoms with van der Waals surface area (Å²) >= 11 is 0. The van der Waals surface area contributed by atoms with Crippen molar-refractivity contribution in [3.05, 3.63) is 0 Å². The maximum Gasteiger partial charge on any atom is 0.341 e. The predicted molar refractivity (Wildman–Crippen MR) is 43.4 cm³/mol. The number of carbonyl (C=O) groups is 1. The number of nitrogens with one attached hydrogen (secondary N) is 1. The number of rotatable bonds is 1. The molecular formula is C8H14N2O2. The van der Waals surface area contributed by atoms with E-state index in [1.54, 1.807) is 0 Å². The van der Waals surface area contributed by atoms with Gasteiger partial charge in [-0.25, -0.2) is 10.3 Å². The van der Waals surface area contributed by atoms with Crippen LogP contribution in [0.4, 0.5) is 4.79 Å². The molecule has 2 aliphatic heterocycles. The molecule has 0 aliphatic carbocycles. The fraction of sp³-hybridized carbons (Fsp3) is 0.875. The highest BCUT2D eigenvalue weighted by molar-refractivity contribution is 5.74. The molecule has 68 valence electrons. The quantitative estimate of drug-likeness (QED) is 0.594. The van der Waals surface area contributed by atoms with Crippen LogP contribution < -0.4 is 5.48 Å². The molecule has 0 saturated carbocycles. The van der Waals surface area contributed by atoms with Crippen molar-refractivity contribution < 1.29 is 9.63 Å². The third-order valence-electron chi connectivity index (χ3n) is 2.88. The molecule has 0 aromatic heterocycles. The van der Waals surface area contributed by atoms with Crippen molar-refractivity contribution in [1.82, 2.24) is 10.4 Å². The molecular weight excluding hydrogens is 156 g/mol. The first kappa shape index (κ1) is 7.86. The van der Waals surface area contributed by atoms with E-state index in [0.717, 1.165) is 0 Å². The van der Waals surface area contributed by atoms with Gasteiger partial charge in [0.25, 0.3) is 0 Å². The summed E-state index contributed by atoms with van der Waals surface area (Å²) < 4.78 is 0. The van der Waals surface area contributed by atoms with Crippen molar-refractivity contribution in [2.75, 3.05) is 7.11 Å². The monoisotopic (exact) mass is 170 g/mol. The van der Waals surface area contributed by atoms with Crippen molar-refractivity contribution in [3.63, 3.8) is 0 Å². The number of amides is 2. The van der Waals surface area contributed by atoms with E-state index in [2.05, 4.69) is 10.3 Å². The van der Waals surface area contributed by atoms with Crippen molar-refractivity contribution in [3.8, 4) is 0 Å². The Morgan fingerprint density at radius 1 is 1.33 bits per heavy atom. The first-order valence-corrected chi connectivity index (χ1v) is 4.44. The van der Waals surface area contributed by atoms with Crippen molar-refractivity contribution in [2.24, 2.45) is 0 Å². The molecule has 0 aromatic rings. The van der Waals surface area contributed by atoms with E-state index < -0.39 is 0 Å². The van der Waals surface area contributed by atoms with E-state index in [0.29, 0.717) is 12.1 Å². The normalized spacial score (nSPS) is 32.6. The SMILES string of the molecule is CONC(=O)N1C2CCC1CC2. The fourth-order valence-corrected chi connectivity index (χ4v) is 2.38. The van der Waals surface area contributed by atoms with Gasteiger partial charge in [0.2, 0.25) is 0 Å². The smallest absolute Gasteiger partial charge is 0.317 e. The molecule has 0 atom stereocenters. The summed E-state index contributed by atoms with van der Waals surface area (Å²) in [6, 6.07) is 0.887. The number of hydrogen-bond donors (Lipinski definition) is 1. The van der Waals surface area contributed by atoms with E-state index in [9.17, 15) is 4.79 Å². The molecule has 2 rings (SSSR count). The predicted octanol–water partition coefficient (Wildman–Crippen LogP) is 0.884. The molecule has 2 heterocycles. The lowest BCUT2D eigenvalue weighted by Crippen LogP contribution is -2.42. The van der Waals surface area contributed by atoms with Crippen LogP contribution in [0.5, 0.6) is 0 Å². The van der Waals surface area contributed by atoms with Gasteiger partial charge in [-0.15, -0.1) is 0 Å². The van der Waals surface area contributed by atoms with E-state index in [4.69, 9.17) is 0 Å². The molecule has 2 aliphatic rings. The number of carbonyl (C=O) groups excluding carboxylic acids is 1. The Labute approximate surface area is 71.8 Å². The maximum atomic E-state index is 11.4. The molecule has 4 nitrogen and oxygen atoms in total. The van der Waals surface area contributed by atoms with Crippen LogP contribution in [0, 0.1) is 0 Å². The standard InChI is InChI=1S/C8H14N2O2/c1-12-9-8(11)10-6-2-3-7(10)5-4-6/h6-7H,2-5H2,1H3,(H,9,11). The van der Waals surface area contributed by atoms with Gasteiger partial charge in [0.15, 0.2) is 0 Å². The van der Waals surface area contributed by atoms with Gasteiger partial charge in [-0.3, -0.25) is 4.84 Å². The Balaban J connectivity index is 2.00. The zero-order valence-electron chi connectivity index (χ0n) is 7.25. The molecule has 2 saturated heterocycles. The molecule has 1 N–H and O–H groups in total. The minimum Gasteiger partial charge on any atom is -0.317 e. The molecule has 0 aromatic carbocycles. The summed E-state index contributed by atoms with van der Waals surface area (Å²) in [5.41, 5.74) is 2.38. The van der Waals surface area contributed by atoms with E-state index in [1.807, 2.05) is 4.90 Å². The highest BCUT2D eigenvalue weighted by Crippen LogP contribution is 2.37. The van der Waals surface area contributed by atoms with Crippen LogP contribution in [0.25, 0.3) is 0 Å². The zero-order chi connectivity index (χ0) is 8.55. The summed E-state index contributed by atoms with van der Waals surface area (Å²) in [5, 5.41) is 0. The molecule has 0 unspecified atom stereocenters. The molecule has 0 spiro atoms. The van der Waals surface area contributed by atoms with Gasteiger partial charge in [0.05, 0.1) is 7.11 Å². The number of urea groups is 1. The van der Waals surface area contributed by atoms with Gasteiger partial charge >= 0.3 is 6.03 Å². The Morgan fingerprint density at radius 2 is 1.83 bits per heavy atom. The van der Waals surface area contributed by atoms with Crippen LogP contribution >= 0.6 is 0 Å². The second kappa shape index (κ2) is 2.94. The second-order valence-electron chi connectivity index (χ2n) is 3.48. The highest BCUT2D eigenvalue weighted by Gasteiger charge is 2.42. The molecule has 2 bridgehead atoms. The third-order valence-corrected chi connectivity index (χ3v) is 2.88. The van der Waals surface area contributed by atoms with Crippen LogP contribution in [-0.2, 0) is 4.84 Å². The van der Waals surface area contributed by atoms with Gasteiger partial charge in [-0.2, -0.15) is 0 Å². The highest BCUT2D eigenvalue weighted by atomic mass is 16.6. The van der Waals surface area contributed by atoms with E-state index in [-0.39, 0.29) is 6.03 Å². The average Bonchev–Trinajstić information content (AvgIpc) is 2.62. The van der Waals surface area contributed by atoms with Crippen molar-refractivity contribution >= 4 is 6.03 Å². The van der Waals surface area contributed by atoms with Crippen LogP contribution in [0.1, 0.15) is 25.7 Å². The minimum absolute atomic E-state index is 0.0671. The number of nitrogens with zero attached hydrogens (tertiary/aromatic N) is 1. The Hall–Kier alpha value is -0.770. The molecule has 2 amide bonds. The van der Waals surface area contributed by atoms with Gasteiger partial charge in [-0.1, -0.05) is 0 Å². The van der Waals surface area contributed by atoms with Gasteiger partial charge in [0.1, 0.15) is 0 Å². The maximum absolute atomic E-state index is 11.4. The van der Waals surface area contributed by atoms with Crippen LogP contribution in [0.3, 0.4) is 0 Å². The molecule has 12 heavy (non-hydrogen) atoms. The summed E-state index contributed by atoms with van der Waals surface area (Å²) in [7, 11) is 1.47. The van der Waals surface area contributed by atoms with E-state index in [1.165, 1.54) is 32.8 Å². The van der Waals surface area contributed by atoms with Crippen molar-refractivity contribution in [2.45, 2.75) is 37.8 Å². The van der Waals surface area contributed by atoms with Gasteiger partial charge in [0, 0.05) is 12.1 Å². The average molecular weight is 170 g/mol. The van der Waals surface area contributed by atoms with Crippen LogP contribution in [-0.4, -0.2) is 30.1 Å². The van der Waals surface area contributed by atoms with Gasteiger partial charge in [-0.05, 0) is 25.7 Å². The first-order chi connectivity index (χ1) is 5.83. The molecule has 0 radical (unpaired) electrons. The Kier molecular flexibility index (Phi) is 1.92. The zero-order valence-corrected chi connectivity index (χ0v) is 7.25. The summed E-state index contributed by atoms with van der Waals surface area (Å²) in [5.74, 6) is 0. The lowest BCUT2D eigenvalue weighted by molar-refractivity contribution is 0.0838. The van der Waals surface area contributed by atoms with Crippen molar-refractivity contribution in [1.29, 1.82) is 0 Å². The Morgan fingerprint density at radius 3 is 2.25 bits per heavy atom. The summed E-state index contributed by atoms with van der Waals surface area (Å²) in [6.45, 7) is 0. The van der Waals surface area contributed by atoms with Gasteiger partial charge < -0.3 is 4.90 Å².